The minimum Gasteiger partial charge on any atom is -0.315 e. The molecule has 0 unspecified atom stereocenters. The molecule has 0 atom stereocenters. The zero-order chi connectivity index (χ0) is 8.39. The summed E-state index contributed by atoms with van der Waals surface area (Å²) in [4.78, 5) is 4.16. The van der Waals surface area contributed by atoms with Gasteiger partial charge in [-0.05, 0) is 23.8 Å². The van der Waals surface area contributed by atoms with Crippen LogP contribution in [-0.4, -0.2) is 18.1 Å². The number of rotatable bonds is 2. The van der Waals surface area contributed by atoms with Gasteiger partial charge in [-0.15, -0.1) is 0 Å². The molecule has 2 rings (SSSR count). The maximum absolute atomic E-state index is 4.16. The fourth-order valence-corrected chi connectivity index (χ4v) is 1.36. The molecule has 1 aromatic rings. The van der Waals surface area contributed by atoms with Gasteiger partial charge in [0.25, 0.3) is 0 Å². The first kappa shape index (κ1) is 7.50. The van der Waals surface area contributed by atoms with Gasteiger partial charge >= 0.3 is 0 Å². The summed E-state index contributed by atoms with van der Waals surface area (Å²) in [5.74, 6) is 0.687. The van der Waals surface area contributed by atoms with Gasteiger partial charge < -0.3 is 5.32 Å². The Kier molecular flexibility index (Phi) is 1.92. The molecule has 1 saturated heterocycles. The Morgan fingerprint density at radius 2 is 2.42 bits per heavy atom. The van der Waals surface area contributed by atoms with Crippen molar-refractivity contribution in [3.05, 3.63) is 36.2 Å². The van der Waals surface area contributed by atoms with Crippen molar-refractivity contribution in [2.75, 3.05) is 13.1 Å². The molecule has 2 heteroatoms. The molecular weight excluding hydrogens is 148 g/mol. The van der Waals surface area contributed by atoms with Crippen molar-refractivity contribution in [3.8, 4) is 0 Å². The maximum Gasteiger partial charge on any atom is 0.0626 e. The molecule has 12 heavy (non-hydrogen) atoms. The van der Waals surface area contributed by atoms with E-state index in [0.717, 1.165) is 18.8 Å². The van der Waals surface area contributed by atoms with E-state index >= 15 is 0 Å². The number of pyridine rings is 1. The van der Waals surface area contributed by atoms with Gasteiger partial charge in [-0.3, -0.25) is 4.98 Å². The Labute approximate surface area is 72.3 Å². The van der Waals surface area contributed by atoms with Crippen LogP contribution in [-0.2, 0) is 0 Å². The first-order valence-electron chi connectivity index (χ1n) is 4.19. The Bertz CT molecular complexity index is 290. The number of hydrogen-bond acceptors (Lipinski definition) is 2. The molecule has 0 bridgehead atoms. The van der Waals surface area contributed by atoms with Crippen LogP contribution in [0.5, 0.6) is 0 Å². The van der Waals surface area contributed by atoms with Crippen LogP contribution in [0.2, 0.25) is 0 Å². The van der Waals surface area contributed by atoms with Crippen LogP contribution >= 0.6 is 0 Å². The van der Waals surface area contributed by atoms with Gasteiger partial charge in [-0.2, -0.15) is 0 Å². The van der Waals surface area contributed by atoms with E-state index in [9.17, 15) is 0 Å². The van der Waals surface area contributed by atoms with Crippen LogP contribution < -0.4 is 5.32 Å². The summed E-state index contributed by atoms with van der Waals surface area (Å²) >= 11 is 0. The molecule has 62 valence electrons. The summed E-state index contributed by atoms with van der Waals surface area (Å²) in [6.07, 6.45) is 3.64. The zero-order valence-electron chi connectivity index (χ0n) is 6.96. The molecule has 2 nitrogen and oxygen atoms in total. The van der Waals surface area contributed by atoms with Crippen LogP contribution in [0, 0.1) is 0 Å². The Hall–Kier alpha value is -1.15. The van der Waals surface area contributed by atoms with Gasteiger partial charge in [-0.25, -0.2) is 0 Å². The van der Waals surface area contributed by atoms with Gasteiger partial charge in [0, 0.05) is 25.2 Å². The SMILES string of the molecule is C=Cc1cc(C2CNC2)ccn1. The first-order chi connectivity index (χ1) is 5.90. The highest BCUT2D eigenvalue weighted by Gasteiger charge is 2.18. The maximum atomic E-state index is 4.16. The summed E-state index contributed by atoms with van der Waals surface area (Å²) in [7, 11) is 0. The summed E-state index contributed by atoms with van der Waals surface area (Å²) in [5.41, 5.74) is 2.35. The third-order valence-corrected chi connectivity index (χ3v) is 2.27. The lowest BCUT2D eigenvalue weighted by Crippen LogP contribution is -2.39. The molecule has 0 aromatic carbocycles. The van der Waals surface area contributed by atoms with E-state index in [-0.39, 0.29) is 0 Å². The van der Waals surface area contributed by atoms with Crippen LogP contribution in [0.3, 0.4) is 0 Å². The van der Waals surface area contributed by atoms with Crippen LogP contribution in [0.4, 0.5) is 0 Å². The average molecular weight is 160 g/mol. The topological polar surface area (TPSA) is 24.9 Å². The van der Waals surface area contributed by atoms with E-state index in [4.69, 9.17) is 0 Å². The van der Waals surface area contributed by atoms with Crippen molar-refractivity contribution in [2.45, 2.75) is 5.92 Å². The molecule has 1 N–H and O–H groups in total. The fraction of sp³-hybridized carbons (Fsp3) is 0.300. The van der Waals surface area contributed by atoms with Gasteiger partial charge in [0.1, 0.15) is 0 Å². The van der Waals surface area contributed by atoms with Gasteiger partial charge in [0.2, 0.25) is 0 Å². The van der Waals surface area contributed by atoms with Crippen molar-refractivity contribution in [3.63, 3.8) is 0 Å². The molecule has 1 aliphatic rings. The molecule has 0 radical (unpaired) electrons. The Morgan fingerprint density at radius 1 is 1.58 bits per heavy atom. The monoisotopic (exact) mass is 160 g/mol. The van der Waals surface area contributed by atoms with Crippen molar-refractivity contribution in [1.29, 1.82) is 0 Å². The van der Waals surface area contributed by atoms with Gasteiger partial charge in [-0.1, -0.05) is 6.58 Å². The van der Waals surface area contributed by atoms with Crippen molar-refractivity contribution in [2.24, 2.45) is 0 Å². The molecule has 2 heterocycles. The predicted molar refractivity (Wildman–Crippen MR) is 49.9 cm³/mol. The summed E-state index contributed by atoms with van der Waals surface area (Å²) in [6.45, 7) is 5.89. The lowest BCUT2D eigenvalue weighted by molar-refractivity contribution is 0.448. The minimum atomic E-state index is 0.687. The third kappa shape index (κ3) is 1.25. The summed E-state index contributed by atoms with van der Waals surface area (Å²) in [5, 5.41) is 3.25. The fourth-order valence-electron chi connectivity index (χ4n) is 1.36. The first-order valence-corrected chi connectivity index (χ1v) is 4.19. The molecule has 1 aromatic heterocycles. The minimum absolute atomic E-state index is 0.687. The van der Waals surface area contributed by atoms with E-state index in [0.29, 0.717) is 5.92 Å². The summed E-state index contributed by atoms with van der Waals surface area (Å²) < 4.78 is 0. The van der Waals surface area contributed by atoms with E-state index < -0.39 is 0 Å². The number of aromatic nitrogens is 1. The van der Waals surface area contributed by atoms with Gasteiger partial charge in [0.05, 0.1) is 5.69 Å². The van der Waals surface area contributed by atoms with Crippen LogP contribution in [0.15, 0.2) is 24.9 Å². The normalized spacial score (nSPS) is 17.0. The van der Waals surface area contributed by atoms with Gasteiger partial charge in [0.15, 0.2) is 0 Å². The number of nitrogens with zero attached hydrogens (tertiary/aromatic N) is 1. The summed E-state index contributed by atoms with van der Waals surface area (Å²) in [6, 6.07) is 4.19. The highest BCUT2D eigenvalue weighted by molar-refractivity contribution is 5.43. The lowest BCUT2D eigenvalue weighted by Gasteiger charge is -2.27. The molecule has 0 amide bonds. The standard InChI is InChI=1S/C10H12N2/c1-2-10-5-8(3-4-12-10)9-6-11-7-9/h2-5,9,11H,1,6-7H2. The van der Waals surface area contributed by atoms with E-state index in [1.807, 2.05) is 6.20 Å². The van der Waals surface area contributed by atoms with Crippen molar-refractivity contribution < 1.29 is 0 Å². The second-order valence-corrected chi connectivity index (χ2v) is 3.07. The molecule has 1 fully saturated rings. The lowest BCUT2D eigenvalue weighted by atomic mass is 9.94. The molecule has 0 aliphatic carbocycles. The molecular formula is C10H12N2. The van der Waals surface area contributed by atoms with Crippen molar-refractivity contribution in [1.82, 2.24) is 10.3 Å². The smallest absolute Gasteiger partial charge is 0.0626 e. The number of hydrogen-bond donors (Lipinski definition) is 1. The Morgan fingerprint density at radius 3 is 3.00 bits per heavy atom. The zero-order valence-corrected chi connectivity index (χ0v) is 6.96. The van der Waals surface area contributed by atoms with Crippen LogP contribution in [0.25, 0.3) is 6.08 Å². The second-order valence-electron chi connectivity index (χ2n) is 3.07. The largest absolute Gasteiger partial charge is 0.315 e. The Balaban J connectivity index is 2.25. The second kappa shape index (κ2) is 3.07. The van der Waals surface area contributed by atoms with E-state index in [2.05, 4.69) is 29.0 Å². The highest BCUT2D eigenvalue weighted by atomic mass is 14.9. The predicted octanol–water partition coefficient (Wildman–Crippen LogP) is 1.41. The molecule has 0 spiro atoms. The van der Waals surface area contributed by atoms with Crippen molar-refractivity contribution >= 4 is 6.08 Å². The average Bonchev–Trinajstić information content (AvgIpc) is 2.02. The van der Waals surface area contributed by atoms with E-state index in [1.54, 1.807) is 6.08 Å². The van der Waals surface area contributed by atoms with E-state index in [1.165, 1.54) is 5.56 Å². The number of nitrogens with one attached hydrogen (secondary N) is 1. The highest BCUT2D eigenvalue weighted by Crippen LogP contribution is 2.19. The third-order valence-electron chi connectivity index (χ3n) is 2.27. The van der Waals surface area contributed by atoms with Crippen LogP contribution in [0.1, 0.15) is 17.2 Å². The molecule has 0 saturated carbocycles. The molecule has 1 aliphatic heterocycles. The quantitative estimate of drug-likeness (QED) is 0.707.